The third kappa shape index (κ3) is 3.08. The van der Waals surface area contributed by atoms with Crippen LogP contribution >= 0.6 is 0 Å². The van der Waals surface area contributed by atoms with E-state index in [4.69, 9.17) is 4.74 Å². The molecule has 21 heavy (non-hydrogen) atoms. The second kappa shape index (κ2) is 6.27. The Morgan fingerprint density at radius 3 is 2.81 bits per heavy atom. The Labute approximate surface area is 126 Å². The predicted molar refractivity (Wildman–Crippen MR) is 84.4 cm³/mol. The minimum atomic E-state index is 0.474. The van der Waals surface area contributed by atoms with Gasteiger partial charge in [0.15, 0.2) is 0 Å². The van der Waals surface area contributed by atoms with Crippen LogP contribution in [0.5, 0.6) is 5.88 Å². The molecule has 0 radical (unpaired) electrons. The fourth-order valence-corrected chi connectivity index (χ4v) is 3.19. The first-order valence-electron chi connectivity index (χ1n) is 7.56. The first-order valence-corrected chi connectivity index (χ1v) is 7.56. The highest BCUT2D eigenvalue weighted by molar-refractivity contribution is 5.30. The summed E-state index contributed by atoms with van der Waals surface area (Å²) in [6.07, 6.45) is 4.43. The lowest BCUT2D eigenvalue weighted by Crippen LogP contribution is -2.23. The summed E-state index contributed by atoms with van der Waals surface area (Å²) in [6, 6.07) is 13.4. The summed E-state index contributed by atoms with van der Waals surface area (Å²) in [7, 11) is 1.67. The van der Waals surface area contributed by atoms with E-state index in [9.17, 15) is 0 Å². The molecule has 1 atom stereocenters. The summed E-state index contributed by atoms with van der Waals surface area (Å²) in [5.74, 6) is 0.728. The number of hydrogen-bond donors (Lipinski definition) is 0. The van der Waals surface area contributed by atoms with Gasteiger partial charge < -0.3 is 4.74 Å². The van der Waals surface area contributed by atoms with Crippen molar-refractivity contribution in [2.75, 3.05) is 13.7 Å². The van der Waals surface area contributed by atoms with Crippen molar-refractivity contribution in [3.05, 3.63) is 59.3 Å². The molecule has 2 aromatic rings. The highest BCUT2D eigenvalue weighted by atomic mass is 16.5. The van der Waals surface area contributed by atoms with Crippen LogP contribution in [0.1, 0.15) is 35.6 Å². The number of pyridine rings is 1. The number of likely N-dealkylation sites (tertiary alicyclic amines) is 1. The summed E-state index contributed by atoms with van der Waals surface area (Å²) >= 11 is 0. The minimum absolute atomic E-state index is 0.474. The summed E-state index contributed by atoms with van der Waals surface area (Å²) in [4.78, 5) is 6.99. The quantitative estimate of drug-likeness (QED) is 0.854. The summed E-state index contributed by atoms with van der Waals surface area (Å²) in [5.41, 5.74) is 3.80. The van der Waals surface area contributed by atoms with Crippen molar-refractivity contribution in [1.82, 2.24) is 9.88 Å². The number of benzene rings is 1. The van der Waals surface area contributed by atoms with E-state index in [1.54, 1.807) is 7.11 Å². The topological polar surface area (TPSA) is 25.4 Å². The molecule has 0 bridgehead atoms. The van der Waals surface area contributed by atoms with Crippen molar-refractivity contribution in [1.29, 1.82) is 0 Å². The Balaban J connectivity index is 1.79. The molecule has 2 heterocycles. The molecule has 1 aliphatic rings. The Kier molecular flexibility index (Phi) is 4.20. The summed E-state index contributed by atoms with van der Waals surface area (Å²) in [6.45, 7) is 4.23. The van der Waals surface area contributed by atoms with Crippen LogP contribution in [-0.2, 0) is 6.54 Å². The van der Waals surface area contributed by atoms with Gasteiger partial charge in [-0.05, 0) is 43.5 Å². The fraction of sp³-hybridized carbons (Fsp3) is 0.389. The number of hydrogen-bond acceptors (Lipinski definition) is 3. The highest BCUT2D eigenvalue weighted by Gasteiger charge is 2.26. The van der Waals surface area contributed by atoms with E-state index in [1.165, 1.54) is 24.0 Å². The number of aryl methyl sites for hydroxylation is 1. The van der Waals surface area contributed by atoms with Gasteiger partial charge in [-0.2, -0.15) is 0 Å². The van der Waals surface area contributed by atoms with Crippen LogP contribution in [-0.4, -0.2) is 23.5 Å². The Morgan fingerprint density at radius 2 is 2.10 bits per heavy atom. The molecule has 3 rings (SSSR count). The number of nitrogens with zero attached hydrogens (tertiary/aromatic N) is 2. The van der Waals surface area contributed by atoms with E-state index in [0.29, 0.717) is 6.04 Å². The van der Waals surface area contributed by atoms with Crippen LogP contribution in [0.2, 0.25) is 0 Å². The first-order chi connectivity index (χ1) is 10.3. The van der Waals surface area contributed by atoms with E-state index < -0.39 is 0 Å². The fourth-order valence-electron chi connectivity index (χ4n) is 3.19. The maximum atomic E-state index is 5.26. The Bertz CT molecular complexity index is 597. The van der Waals surface area contributed by atoms with E-state index in [2.05, 4.69) is 53.2 Å². The van der Waals surface area contributed by atoms with Crippen molar-refractivity contribution >= 4 is 0 Å². The third-order valence-corrected chi connectivity index (χ3v) is 4.22. The van der Waals surface area contributed by atoms with E-state index in [0.717, 1.165) is 24.5 Å². The molecule has 1 fully saturated rings. The SMILES string of the molecule is COc1ncc([C@@H]2CCCN2Cc2ccccc2)cc1C. The molecule has 1 aromatic carbocycles. The van der Waals surface area contributed by atoms with Gasteiger partial charge in [0.25, 0.3) is 0 Å². The van der Waals surface area contributed by atoms with Crippen molar-refractivity contribution in [2.24, 2.45) is 0 Å². The predicted octanol–water partition coefficient (Wildman–Crippen LogP) is 3.74. The van der Waals surface area contributed by atoms with E-state index >= 15 is 0 Å². The van der Waals surface area contributed by atoms with Gasteiger partial charge in [-0.3, -0.25) is 4.90 Å². The molecule has 3 nitrogen and oxygen atoms in total. The summed E-state index contributed by atoms with van der Waals surface area (Å²) < 4.78 is 5.26. The van der Waals surface area contributed by atoms with Gasteiger partial charge >= 0.3 is 0 Å². The summed E-state index contributed by atoms with van der Waals surface area (Å²) in [5, 5.41) is 0. The number of ether oxygens (including phenoxy) is 1. The van der Waals surface area contributed by atoms with Gasteiger partial charge in [0, 0.05) is 24.3 Å². The van der Waals surface area contributed by atoms with Crippen molar-refractivity contribution in [3.8, 4) is 5.88 Å². The lowest BCUT2D eigenvalue weighted by Gasteiger charge is -2.25. The van der Waals surface area contributed by atoms with Gasteiger partial charge in [0.05, 0.1) is 7.11 Å². The number of aromatic nitrogens is 1. The highest BCUT2D eigenvalue weighted by Crippen LogP contribution is 2.34. The molecule has 1 aliphatic heterocycles. The van der Waals surface area contributed by atoms with Crippen LogP contribution in [0.3, 0.4) is 0 Å². The molecule has 3 heteroatoms. The molecular formula is C18H22N2O. The van der Waals surface area contributed by atoms with Crippen LogP contribution in [0.4, 0.5) is 0 Å². The molecule has 0 spiro atoms. The molecule has 1 aromatic heterocycles. The van der Waals surface area contributed by atoms with Crippen LogP contribution < -0.4 is 4.74 Å². The maximum Gasteiger partial charge on any atom is 0.215 e. The molecule has 0 unspecified atom stereocenters. The Morgan fingerprint density at radius 1 is 1.29 bits per heavy atom. The van der Waals surface area contributed by atoms with Gasteiger partial charge in [-0.1, -0.05) is 30.3 Å². The van der Waals surface area contributed by atoms with Crippen molar-refractivity contribution in [3.63, 3.8) is 0 Å². The zero-order chi connectivity index (χ0) is 14.7. The average molecular weight is 282 g/mol. The van der Waals surface area contributed by atoms with Crippen LogP contribution in [0.25, 0.3) is 0 Å². The molecule has 0 aliphatic carbocycles. The number of rotatable bonds is 4. The Hall–Kier alpha value is -1.87. The number of methoxy groups -OCH3 is 1. The van der Waals surface area contributed by atoms with Crippen molar-refractivity contribution in [2.45, 2.75) is 32.4 Å². The standard InChI is InChI=1S/C18H22N2O/c1-14-11-16(12-19-18(14)21-2)17-9-6-10-20(17)13-15-7-4-3-5-8-15/h3-5,7-8,11-12,17H,6,9-10,13H2,1-2H3/t17-/m0/s1. The molecule has 0 saturated carbocycles. The van der Waals surface area contributed by atoms with Crippen molar-refractivity contribution < 1.29 is 4.74 Å². The molecule has 1 saturated heterocycles. The molecule has 0 amide bonds. The van der Waals surface area contributed by atoms with Crippen LogP contribution in [0.15, 0.2) is 42.6 Å². The average Bonchev–Trinajstić information content (AvgIpc) is 2.96. The van der Waals surface area contributed by atoms with Gasteiger partial charge in [-0.25, -0.2) is 4.98 Å². The van der Waals surface area contributed by atoms with Gasteiger partial charge in [0.2, 0.25) is 5.88 Å². The molecular weight excluding hydrogens is 260 g/mol. The molecule has 0 N–H and O–H groups in total. The third-order valence-electron chi connectivity index (χ3n) is 4.22. The second-order valence-electron chi connectivity index (χ2n) is 5.71. The largest absolute Gasteiger partial charge is 0.481 e. The lowest BCUT2D eigenvalue weighted by atomic mass is 10.0. The molecule has 110 valence electrons. The second-order valence-corrected chi connectivity index (χ2v) is 5.71. The van der Waals surface area contributed by atoms with Gasteiger partial charge in [-0.15, -0.1) is 0 Å². The van der Waals surface area contributed by atoms with E-state index in [-0.39, 0.29) is 0 Å². The zero-order valence-corrected chi connectivity index (χ0v) is 12.7. The maximum absolute atomic E-state index is 5.26. The smallest absolute Gasteiger partial charge is 0.215 e. The minimum Gasteiger partial charge on any atom is -0.481 e. The first kappa shape index (κ1) is 14.1. The monoisotopic (exact) mass is 282 g/mol. The lowest BCUT2D eigenvalue weighted by molar-refractivity contribution is 0.248. The normalized spacial score (nSPS) is 18.9. The van der Waals surface area contributed by atoms with E-state index in [1.807, 2.05) is 6.20 Å². The van der Waals surface area contributed by atoms with Crippen LogP contribution in [0, 0.1) is 6.92 Å². The van der Waals surface area contributed by atoms with Gasteiger partial charge in [0.1, 0.15) is 0 Å². The zero-order valence-electron chi connectivity index (χ0n) is 12.7.